The summed E-state index contributed by atoms with van der Waals surface area (Å²) in [5.41, 5.74) is 0. The molecule has 1 aromatic carbocycles. The monoisotopic (exact) mass is 317 g/mol. The van der Waals surface area contributed by atoms with Crippen LogP contribution in [0.25, 0.3) is 0 Å². The molecular formula is C13H16FNO5S. The Morgan fingerprint density at radius 3 is 2.67 bits per heavy atom. The molecule has 1 aliphatic heterocycles. The number of esters is 1. The summed E-state index contributed by atoms with van der Waals surface area (Å²) < 4.78 is 49.0. The van der Waals surface area contributed by atoms with Crippen molar-refractivity contribution in [2.45, 2.75) is 11.3 Å². The topological polar surface area (TPSA) is 72.9 Å². The predicted octanol–water partition coefficient (Wildman–Crippen LogP) is 1.02. The van der Waals surface area contributed by atoms with Crippen molar-refractivity contribution in [3.05, 3.63) is 24.0 Å². The molecule has 0 bridgehead atoms. The molecule has 8 heteroatoms. The Morgan fingerprint density at radius 2 is 2.10 bits per heavy atom. The number of halogens is 1. The van der Waals surface area contributed by atoms with Gasteiger partial charge in [-0.3, -0.25) is 4.79 Å². The van der Waals surface area contributed by atoms with E-state index in [0.717, 1.165) is 10.4 Å². The van der Waals surface area contributed by atoms with Crippen LogP contribution in [0.4, 0.5) is 4.39 Å². The molecule has 1 atom stereocenters. The maximum Gasteiger partial charge on any atom is 0.310 e. The molecular weight excluding hydrogens is 301 g/mol. The van der Waals surface area contributed by atoms with Gasteiger partial charge >= 0.3 is 5.97 Å². The van der Waals surface area contributed by atoms with Crippen molar-refractivity contribution in [1.29, 1.82) is 0 Å². The van der Waals surface area contributed by atoms with Gasteiger partial charge in [-0.15, -0.1) is 0 Å². The van der Waals surface area contributed by atoms with Crippen LogP contribution in [-0.4, -0.2) is 46.0 Å². The van der Waals surface area contributed by atoms with Crippen LogP contribution in [0.5, 0.6) is 5.75 Å². The summed E-state index contributed by atoms with van der Waals surface area (Å²) in [5.74, 6) is -1.69. The Hall–Kier alpha value is -1.67. The Morgan fingerprint density at radius 1 is 1.38 bits per heavy atom. The highest BCUT2D eigenvalue weighted by atomic mass is 32.2. The molecule has 0 N–H and O–H groups in total. The Bertz CT molecular complexity index is 646. The minimum atomic E-state index is -3.83. The number of ether oxygens (including phenoxy) is 2. The van der Waals surface area contributed by atoms with Crippen molar-refractivity contribution in [2.75, 3.05) is 27.3 Å². The lowest BCUT2D eigenvalue weighted by Crippen LogP contribution is -2.30. The first-order valence-electron chi connectivity index (χ1n) is 6.31. The molecule has 1 unspecified atom stereocenters. The predicted molar refractivity (Wildman–Crippen MR) is 71.8 cm³/mol. The van der Waals surface area contributed by atoms with Crippen molar-refractivity contribution in [3.8, 4) is 5.75 Å². The van der Waals surface area contributed by atoms with E-state index in [9.17, 15) is 17.6 Å². The zero-order chi connectivity index (χ0) is 15.6. The van der Waals surface area contributed by atoms with Gasteiger partial charge < -0.3 is 9.47 Å². The molecule has 0 radical (unpaired) electrons. The van der Waals surface area contributed by atoms with Gasteiger partial charge in [0.1, 0.15) is 0 Å². The van der Waals surface area contributed by atoms with Gasteiger partial charge in [0.25, 0.3) is 0 Å². The number of carbonyl (C=O) groups excluding carboxylic acids is 1. The smallest absolute Gasteiger partial charge is 0.310 e. The van der Waals surface area contributed by atoms with Crippen LogP contribution in [-0.2, 0) is 19.6 Å². The standard InChI is InChI=1S/C13H16FNO5S/c1-19-12-4-3-10(7-11(12)14)21(17,18)15-6-5-9(8-15)13(16)20-2/h3-4,7,9H,5-6,8H2,1-2H3. The third kappa shape index (κ3) is 3.01. The first kappa shape index (κ1) is 15.7. The van der Waals surface area contributed by atoms with E-state index in [1.54, 1.807) is 0 Å². The van der Waals surface area contributed by atoms with Crippen LogP contribution < -0.4 is 4.74 Å². The van der Waals surface area contributed by atoms with E-state index in [4.69, 9.17) is 4.74 Å². The third-order valence-electron chi connectivity index (χ3n) is 3.45. The van der Waals surface area contributed by atoms with Gasteiger partial charge in [0.15, 0.2) is 11.6 Å². The first-order valence-corrected chi connectivity index (χ1v) is 7.75. The summed E-state index contributed by atoms with van der Waals surface area (Å²) in [6.07, 6.45) is 0.393. The molecule has 1 fully saturated rings. The molecule has 21 heavy (non-hydrogen) atoms. The zero-order valence-corrected chi connectivity index (χ0v) is 12.5. The van der Waals surface area contributed by atoms with E-state index in [-0.39, 0.29) is 23.7 Å². The number of nitrogens with zero attached hydrogens (tertiary/aromatic N) is 1. The lowest BCUT2D eigenvalue weighted by Gasteiger charge is -2.16. The number of hydrogen-bond donors (Lipinski definition) is 0. The van der Waals surface area contributed by atoms with Gasteiger partial charge in [-0.1, -0.05) is 0 Å². The summed E-state index contributed by atoms with van der Waals surface area (Å²) in [5, 5.41) is 0. The van der Waals surface area contributed by atoms with Crippen molar-refractivity contribution in [1.82, 2.24) is 4.31 Å². The zero-order valence-electron chi connectivity index (χ0n) is 11.7. The molecule has 1 heterocycles. The minimum Gasteiger partial charge on any atom is -0.494 e. The second-order valence-electron chi connectivity index (χ2n) is 4.67. The molecule has 1 aliphatic rings. The van der Waals surface area contributed by atoms with Gasteiger partial charge in [-0.2, -0.15) is 4.31 Å². The number of carbonyl (C=O) groups is 1. The summed E-state index contributed by atoms with van der Waals surface area (Å²) >= 11 is 0. The fourth-order valence-electron chi connectivity index (χ4n) is 2.26. The normalized spacial score (nSPS) is 19.5. The highest BCUT2D eigenvalue weighted by Crippen LogP contribution is 2.27. The molecule has 1 saturated heterocycles. The van der Waals surface area contributed by atoms with E-state index in [2.05, 4.69) is 4.74 Å². The Kier molecular flexibility index (Phi) is 4.48. The molecule has 116 valence electrons. The van der Waals surface area contributed by atoms with E-state index in [1.165, 1.54) is 26.4 Å². The Balaban J connectivity index is 2.23. The lowest BCUT2D eigenvalue weighted by molar-refractivity contribution is -0.144. The van der Waals surface area contributed by atoms with Gasteiger partial charge in [0, 0.05) is 13.1 Å². The second-order valence-corrected chi connectivity index (χ2v) is 6.61. The molecule has 6 nitrogen and oxygen atoms in total. The maximum absolute atomic E-state index is 13.6. The third-order valence-corrected chi connectivity index (χ3v) is 5.31. The first-order chi connectivity index (χ1) is 9.90. The SMILES string of the molecule is COC(=O)C1CCN(S(=O)(=O)c2ccc(OC)c(F)c2)C1. The average Bonchev–Trinajstić information content (AvgIpc) is 2.96. The van der Waals surface area contributed by atoms with Crippen LogP contribution in [0.15, 0.2) is 23.1 Å². The Labute approximate surface area is 122 Å². The van der Waals surface area contributed by atoms with Crippen LogP contribution in [0.2, 0.25) is 0 Å². The fraction of sp³-hybridized carbons (Fsp3) is 0.462. The van der Waals surface area contributed by atoms with E-state index in [0.29, 0.717) is 6.42 Å². The largest absolute Gasteiger partial charge is 0.494 e. The fourth-order valence-corrected chi connectivity index (χ4v) is 3.77. The van der Waals surface area contributed by atoms with Crippen molar-refractivity contribution in [2.24, 2.45) is 5.92 Å². The maximum atomic E-state index is 13.6. The molecule has 2 rings (SSSR count). The summed E-state index contributed by atoms with van der Waals surface area (Å²) in [6.45, 7) is 0.248. The molecule has 1 aromatic rings. The van der Waals surface area contributed by atoms with E-state index >= 15 is 0 Å². The van der Waals surface area contributed by atoms with Crippen LogP contribution >= 0.6 is 0 Å². The van der Waals surface area contributed by atoms with Crippen molar-refractivity contribution in [3.63, 3.8) is 0 Å². The average molecular weight is 317 g/mol. The molecule has 0 spiro atoms. The number of benzene rings is 1. The lowest BCUT2D eigenvalue weighted by atomic mass is 10.1. The van der Waals surface area contributed by atoms with E-state index < -0.39 is 27.7 Å². The number of hydrogen-bond acceptors (Lipinski definition) is 5. The molecule has 0 saturated carbocycles. The number of methoxy groups -OCH3 is 2. The van der Waals surface area contributed by atoms with Gasteiger partial charge in [0.05, 0.1) is 25.0 Å². The summed E-state index contributed by atoms with van der Waals surface area (Å²) in [7, 11) is -1.27. The minimum absolute atomic E-state index is 0.0252. The number of sulfonamides is 1. The molecule has 0 amide bonds. The van der Waals surface area contributed by atoms with Gasteiger partial charge in [-0.05, 0) is 24.6 Å². The van der Waals surface area contributed by atoms with Gasteiger partial charge in [0.2, 0.25) is 10.0 Å². The van der Waals surface area contributed by atoms with E-state index in [1.807, 2.05) is 0 Å². The molecule has 0 aromatic heterocycles. The van der Waals surface area contributed by atoms with Crippen molar-refractivity contribution < 1.29 is 27.1 Å². The quantitative estimate of drug-likeness (QED) is 0.775. The van der Waals surface area contributed by atoms with Crippen molar-refractivity contribution >= 4 is 16.0 Å². The summed E-state index contributed by atoms with van der Waals surface area (Å²) in [6, 6.07) is 3.46. The van der Waals surface area contributed by atoms with Gasteiger partial charge in [-0.25, -0.2) is 12.8 Å². The summed E-state index contributed by atoms with van der Waals surface area (Å²) in [4.78, 5) is 11.3. The second kappa shape index (κ2) is 5.98. The van der Waals surface area contributed by atoms with Crippen LogP contribution in [0, 0.1) is 11.7 Å². The number of rotatable bonds is 4. The highest BCUT2D eigenvalue weighted by molar-refractivity contribution is 7.89. The van der Waals surface area contributed by atoms with Crippen LogP contribution in [0.1, 0.15) is 6.42 Å². The van der Waals surface area contributed by atoms with Crippen LogP contribution in [0.3, 0.4) is 0 Å². The molecule has 0 aliphatic carbocycles. The highest BCUT2D eigenvalue weighted by Gasteiger charge is 2.36.